The molecule has 0 spiro atoms. The zero-order valence-corrected chi connectivity index (χ0v) is 14.8. The third kappa shape index (κ3) is 3.26. The first-order chi connectivity index (χ1) is 12.7. The molecule has 26 heavy (non-hydrogen) atoms. The van der Waals surface area contributed by atoms with Gasteiger partial charge in [-0.2, -0.15) is 0 Å². The van der Waals surface area contributed by atoms with Crippen molar-refractivity contribution in [1.82, 2.24) is 9.97 Å². The zero-order valence-electron chi connectivity index (χ0n) is 14.0. The second-order valence-electron chi connectivity index (χ2n) is 6.09. The molecule has 4 rings (SSSR count). The molecular formula is C20H17ClN4O. The zero-order chi connectivity index (χ0) is 17.9. The number of hydrogen-bond acceptors (Lipinski definition) is 4. The smallest absolute Gasteiger partial charge is 0.258 e. The summed E-state index contributed by atoms with van der Waals surface area (Å²) in [5, 5.41) is 3.27. The maximum absolute atomic E-state index is 12.4. The van der Waals surface area contributed by atoms with Gasteiger partial charge < -0.3 is 10.2 Å². The molecule has 5 nitrogen and oxygen atoms in total. The molecule has 130 valence electrons. The van der Waals surface area contributed by atoms with Gasteiger partial charge in [-0.1, -0.05) is 41.9 Å². The van der Waals surface area contributed by atoms with E-state index in [1.807, 2.05) is 24.3 Å². The molecule has 0 aliphatic carbocycles. The van der Waals surface area contributed by atoms with Gasteiger partial charge in [0.15, 0.2) is 0 Å². The second-order valence-corrected chi connectivity index (χ2v) is 6.50. The number of nitrogens with one attached hydrogen (secondary N) is 1. The number of amides is 1. The van der Waals surface area contributed by atoms with E-state index in [1.54, 1.807) is 24.5 Å². The summed E-state index contributed by atoms with van der Waals surface area (Å²) in [6.07, 6.45) is 5.21. The molecule has 1 aliphatic rings. The van der Waals surface area contributed by atoms with Crippen LogP contribution in [0.2, 0.25) is 5.02 Å². The van der Waals surface area contributed by atoms with Crippen LogP contribution in [0.25, 0.3) is 0 Å². The Bertz CT molecular complexity index is 943. The lowest BCUT2D eigenvalue weighted by atomic mass is 10.0. The van der Waals surface area contributed by atoms with E-state index in [0.29, 0.717) is 22.2 Å². The van der Waals surface area contributed by atoms with E-state index < -0.39 is 0 Å². The number of anilines is 3. The lowest BCUT2D eigenvalue weighted by molar-refractivity contribution is 0.102. The van der Waals surface area contributed by atoms with Gasteiger partial charge in [0.05, 0.1) is 16.3 Å². The Kier molecular flexibility index (Phi) is 4.54. The fourth-order valence-corrected chi connectivity index (χ4v) is 3.26. The predicted octanol–water partition coefficient (Wildman–Crippen LogP) is 4.47. The summed E-state index contributed by atoms with van der Waals surface area (Å²) < 4.78 is 0. The van der Waals surface area contributed by atoms with Gasteiger partial charge in [-0.25, -0.2) is 9.97 Å². The summed E-state index contributed by atoms with van der Waals surface area (Å²) in [4.78, 5) is 23.3. The van der Waals surface area contributed by atoms with Gasteiger partial charge in [-0.05, 0) is 36.6 Å². The van der Waals surface area contributed by atoms with Gasteiger partial charge in [0.1, 0.15) is 0 Å². The molecule has 0 fully saturated rings. The minimum absolute atomic E-state index is 0.288. The number of halogens is 1. The van der Waals surface area contributed by atoms with E-state index in [2.05, 4.69) is 32.3 Å². The Morgan fingerprint density at radius 2 is 1.77 bits per heavy atom. The number of hydrogen-bond donors (Lipinski definition) is 1. The van der Waals surface area contributed by atoms with Crippen molar-refractivity contribution in [2.45, 2.75) is 12.8 Å². The third-order valence-electron chi connectivity index (χ3n) is 4.37. The van der Waals surface area contributed by atoms with Crippen LogP contribution < -0.4 is 10.2 Å². The largest absolute Gasteiger partial charge is 0.321 e. The van der Waals surface area contributed by atoms with E-state index in [0.717, 1.165) is 25.1 Å². The Balaban J connectivity index is 1.54. The molecule has 0 atom stereocenters. The van der Waals surface area contributed by atoms with Crippen molar-refractivity contribution < 1.29 is 4.79 Å². The molecule has 0 saturated carbocycles. The molecule has 1 N–H and O–H groups in total. The molecule has 1 aliphatic heterocycles. The van der Waals surface area contributed by atoms with Crippen LogP contribution in [-0.4, -0.2) is 22.4 Å². The van der Waals surface area contributed by atoms with Crippen molar-refractivity contribution in [2.75, 3.05) is 16.8 Å². The van der Waals surface area contributed by atoms with E-state index in [9.17, 15) is 4.79 Å². The van der Waals surface area contributed by atoms with Crippen molar-refractivity contribution in [1.29, 1.82) is 0 Å². The molecule has 0 saturated heterocycles. The highest BCUT2D eigenvalue weighted by molar-refractivity contribution is 6.33. The van der Waals surface area contributed by atoms with Crippen LogP contribution in [0, 0.1) is 0 Å². The average molecular weight is 365 g/mol. The minimum atomic E-state index is -0.288. The van der Waals surface area contributed by atoms with Crippen LogP contribution in [0.15, 0.2) is 60.9 Å². The van der Waals surface area contributed by atoms with Gasteiger partial charge in [0.25, 0.3) is 5.91 Å². The van der Waals surface area contributed by atoms with Crippen LogP contribution in [-0.2, 0) is 6.42 Å². The van der Waals surface area contributed by atoms with Crippen LogP contribution in [0.5, 0.6) is 0 Å². The molecule has 1 aromatic heterocycles. The summed E-state index contributed by atoms with van der Waals surface area (Å²) in [6.45, 7) is 0.863. The lowest BCUT2D eigenvalue weighted by Crippen LogP contribution is -2.26. The van der Waals surface area contributed by atoms with Crippen molar-refractivity contribution in [3.63, 3.8) is 0 Å². The Morgan fingerprint density at radius 1 is 1.04 bits per heavy atom. The number of carbonyl (C=O) groups excluding carboxylic acids is 1. The summed E-state index contributed by atoms with van der Waals surface area (Å²) in [5.41, 5.74) is 3.38. The summed E-state index contributed by atoms with van der Waals surface area (Å²) in [7, 11) is 0. The van der Waals surface area contributed by atoms with Crippen molar-refractivity contribution >= 4 is 34.8 Å². The van der Waals surface area contributed by atoms with E-state index in [-0.39, 0.29) is 5.91 Å². The van der Waals surface area contributed by atoms with Crippen LogP contribution in [0.3, 0.4) is 0 Å². The van der Waals surface area contributed by atoms with Gasteiger partial charge in [-0.3, -0.25) is 4.79 Å². The van der Waals surface area contributed by atoms with E-state index in [4.69, 9.17) is 11.6 Å². The fraction of sp³-hybridized carbons (Fsp3) is 0.150. The number of aromatic nitrogens is 2. The average Bonchev–Trinajstić information content (AvgIpc) is 2.69. The number of aryl methyl sites for hydroxylation is 1. The highest BCUT2D eigenvalue weighted by Crippen LogP contribution is 2.31. The first-order valence-corrected chi connectivity index (χ1v) is 8.83. The summed E-state index contributed by atoms with van der Waals surface area (Å²) in [6, 6.07) is 15.4. The number of rotatable bonds is 3. The minimum Gasteiger partial charge on any atom is -0.321 e. The summed E-state index contributed by atoms with van der Waals surface area (Å²) in [5.74, 6) is 0.315. The van der Waals surface area contributed by atoms with Crippen molar-refractivity contribution in [2.24, 2.45) is 0 Å². The number of benzene rings is 2. The molecule has 3 aromatic rings. The maximum atomic E-state index is 12.4. The van der Waals surface area contributed by atoms with Gasteiger partial charge in [0, 0.05) is 24.6 Å². The van der Waals surface area contributed by atoms with Crippen LogP contribution in [0.1, 0.15) is 22.3 Å². The van der Waals surface area contributed by atoms with Crippen LogP contribution in [0.4, 0.5) is 17.3 Å². The molecule has 0 radical (unpaired) electrons. The first kappa shape index (κ1) is 16.5. The molecule has 2 aromatic carbocycles. The fourth-order valence-electron chi connectivity index (χ4n) is 3.08. The van der Waals surface area contributed by atoms with Crippen LogP contribution >= 0.6 is 11.6 Å². The van der Waals surface area contributed by atoms with Crippen molar-refractivity contribution in [3.05, 3.63) is 77.1 Å². The number of fused-ring (bicyclic) bond motifs is 1. The SMILES string of the molecule is O=C(Nc1ccccc1Cl)c1cnc(N2CCCc3ccccc32)nc1. The quantitative estimate of drug-likeness (QED) is 0.745. The standard InChI is InChI=1S/C20H17ClN4O/c21-16-8-2-3-9-17(16)24-19(26)15-12-22-20(23-13-15)25-11-5-7-14-6-1-4-10-18(14)25/h1-4,6,8-10,12-13H,5,7,11H2,(H,24,26). The van der Waals surface area contributed by atoms with Crippen molar-refractivity contribution in [3.8, 4) is 0 Å². The topological polar surface area (TPSA) is 58.1 Å². The lowest BCUT2D eigenvalue weighted by Gasteiger charge is -2.29. The maximum Gasteiger partial charge on any atom is 0.258 e. The summed E-state index contributed by atoms with van der Waals surface area (Å²) >= 11 is 6.08. The van der Waals surface area contributed by atoms with E-state index in [1.165, 1.54) is 5.56 Å². The Morgan fingerprint density at radius 3 is 2.58 bits per heavy atom. The van der Waals surface area contributed by atoms with E-state index >= 15 is 0 Å². The van der Waals surface area contributed by atoms with Gasteiger partial charge >= 0.3 is 0 Å². The molecule has 1 amide bonds. The van der Waals surface area contributed by atoms with Gasteiger partial charge in [-0.15, -0.1) is 0 Å². The van der Waals surface area contributed by atoms with Gasteiger partial charge in [0.2, 0.25) is 5.95 Å². The first-order valence-electron chi connectivity index (χ1n) is 8.46. The molecule has 0 unspecified atom stereocenters. The second kappa shape index (κ2) is 7.14. The number of nitrogens with zero attached hydrogens (tertiary/aromatic N) is 3. The highest BCUT2D eigenvalue weighted by atomic mass is 35.5. The number of para-hydroxylation sites is 2. The monoisotopic (exact) mass is 364 g/mol. The third-order valence-corrected chi connectivity index (χ3v) is 4.70. The highest BCUT2D eigenvalue weighted by Gasteiger charge is 2.20. The Labute approximate surface area is 156 Å². The Hall–Kier alpha value is -2.92. The molecule has 2 heterocycles. The molecule has 0 bridgehead atoms. The normalized spacial score (nSPS) is 13.2. The number of carbonyl (C=O) groups is 1. The molecule has 6 heteroatoms. The predicted molar refractivity (Wildman–Crippen MR) is 103 cm³/mol. The molecular weight excluding hydrogens is 348 g/mol.